The molecular formula is C9H12BrNS. The van der Waals surface area contributed by atoms with Crippen molar-refractivity contribution in [3.8, 4) is 0 Å². The third kappa shape index (κ3) is 3.17. The summed E-state index contributed by atoms with van der Waals surface area (Å²) in [5.74, 6) is 0. The molecule has 0 unspecified atom stereocenters. The number of nitrogens with two attached hydrogens (primary N) is 1. The lowest BCUT2D eigenvalue weighted by Crippen LogP contribution is -2.11. The van der Waals surface area contributed by atoms with E-state index in [0.29, 0.717) is 5.25 Å². The van der Waals surface area contributed by atoms with Gasteiger partial charge < -0.3 is 5.73 Å². The molecule has 0 fully saturated rings. The van der Waals surface area contributed by atoms with Gasteiger partial charge in [-0.15, -0.1) is 11.8 Å². The summed E-state index contributed by atoms with van der Waals surface area (Å²) in [5.41, 5.74) is 5.52. The molecule has 1 aromatic carbocycles. The molecule has 1 nitrogen and oxygen atoms in total. The van der Waals surface area contributed by atoms with E-state index in [0.717, 1.165) is 11.0 Å². The molecule has 1 atom stereocenters. The maximum Gasteiger partial charge on any atom is 0.0189 e. The average molecular weight is 246 g/mol. The molecule has 1 aromatic rings. The van der Waals surface area contributed by atoms with Crippen LogP contribution in [0.3, 0.4) is 0 Å². The van der Waals surface area contributed by atoms with Crippen LogP contribution in [0.2, 0.25) is 0 Å². The monoisotopic (exact) mass is 245 g/mol. The Morgan fingerprint density at radius 1 is 1.42 bits per heavy atom. The first kappa shape index (κ1) is 10.1. The van der Waals surface area contributed by atoms with E-state index < -0.39 is 0 Å². The maximum absolute atomic E-state index is 5.52. The second kappa shape index (κ2) is 4.90. The molecule has 0 aliphatic heterocycles. The zero-order valence-electron chi connectivity index (χ0n) is 6.96. The van der Waals surface area contributed by atoms with Crippen LogP contribution in [0.25, 0.3) is 0 Å². The summed E-state index contributed by atoms with van der Waals surface area (Å²) >= 11 is 5.20. The maximum atomic E-state index is 5.52. The molecule has 0 radical (unpaired) electrons. The van der Waals surface area contributed by atoms with E-state index in [2.05, 4.69) is 35.0 Å². The fourth-order valence-electron chi connectivity index (χ4n) is 0.794. The van der Waals surface area contributed by atoms with E-state index in [1.807, 2.05) is 12.1 Å². The molecule has 0 spiro atoms. The molecule has 0 saturated carbocycles. The molecule has 0 heterocycles. The van der Waals surface area contributed by atoms with Gasteiger partial charge in [-0.1, -0.05) is 22.9 Å². The van der Waals surface area contributed by atoms with Gasteiger partial charge in [0.2, 0.25) is 0 Å². The van der Waals surface area contributed by atoms with Crippen LogP contribution < -0.4 is 5.73 Å². The van der Waals surface area contributed by atoms with E-state index in [1.54, 1.807) is 11.8 Å². The Hall–Kier alpha value is 0.01000. The fourth-order valence-corrected chi connectivity index (χ4v) is 1.91. The Labute approximate surface area is 85.9 Å². The SMILES string of the molecule is C[C@H](CN)Sc1ccc(Br)cc1. The molecule has 0 aliphatic rings. The van der Waals surface area contributed by atoms with Crippen LogP contribution in [-0.4, -0.2) is 11.8 Å². The molecule has 0 aliphatic carbocycles. The van der Waals surface area contributed by atoms with E-state index in [-0.39, 0.29) is 0 Å². The minimum atomic E-state index is 0.492. The van der Waals surface area contributed by atoms with Gasteiger partial charge in [-0.05, 0) is 24.3 Å². The van der Waals surface area contributed by atoms with Crippen molar-refractivity contribution in [2.24, 2.45) is 5.73 Å². The van der Waals surface area contributed by atoms with Gasteiger partial charge in [-0.3, -0.25) is 0 Å². The van der Waals surface area contributed by atoms with Gasteiger partial charge in [0.25, 0.3) is 0 Å². The van der Waals surface area contributed by atoms with Crippen molar-refractivity contribution < 1.29 is 0 Å². The lowest BCUT2D eigenvalue weighted by atomic mass is 10.4. The standard InChI is InChI=1S/C9H12BrNS/c1-7(6-11)12-9-4-2-8(10)3-5-9/h2-5,7H,6,11H2,1H3/t7-/m1/s1. The molecule has 3 heteroatoms. The fraction of sp³-hybridized carbons (Fsp3) is 0.333. The summed E-state index contributed by atoms with van der Waals surface area (Å²) in [6.07, 6.45) is 0. The van der Waals surface area contributed by atoms with Crippen LogP contribution >= 0.6 is 27.7 Å². The van der Waals surface area contributed by atoms with Crippen molar-refractivity contribution in [1.29, 1.82) is 0 Å². The molecule has 66 valence electrons. The highest BCUT2D eigenvalue weighted by atomic mass is 79.9. The van der Waals surface area contributed by atoms with Crippen molar-refractivity contribution >= 4 is 27.7 Å². The van der Waals surface area contributed by atoms with E-state index in [9.17, 15) is 0 Å². The predicted molar refractivity (Wildman–Crippen MR) is 58.5 cm³/mol. The summed E-state index contributed by atoms with van der Waals surface area (Å²) in [6.45, 7) is 2.85. The minimum absolute atomic E-state index is 0.492. The van der Waals surface area contributed by atoms with Crippen LogP contribution in [0, 0.1) is 0 Å². The van der Waals surface area contributed by atoms with Gasteiger partial charge in [0.1, 0.15) is 0 Å². The van der Waals surface area contributed by atoms with Crippen molar-refractivity contribution in [2.45, 2.75) is 17.1 Å². The summed E-state index contributed by atoms with van der Waals surface area (Å²) in [6, 6.07) is 8.29. The molecule has 12 heavy (non-hydrogen) atoms. The van der Waals surface area contributed by atoms with Gasteiger partial charge in [-0.2, -0.15) is 0 Å². The number of thioether (sulfide) groups is 1. The zero-order valence-corrected chi connectivity index (χ0v) is 9.36. The molecular weight excluding hydrogens is 234 g/mol. The number of hydrogen-bond donors (Lipinski definition) is 1. The van der Waals surface area contributed by atoms with E-state index >= 15 is 0 Å². The van der Waals surface area contributed by atoms with Gasteiger partial charge in [0, 0.05) is 21.2 Å². The minimum Gasteiger partial charge on any atom is -0.329 e. The highest BCUT2D eigenvalue weighted by molar-refractivity contribution is 9.10. The van der Waals surface area contributed by atoms with Crippen LogP contribution in [0.4, 0.5) is 0 Å². The Balaban J connectivity index is 2.58. The summed E-state index contributed by atoms with van der Waals surface area (Å²) in [5, 5.41) is 0.492. The highest BCUT2D eigenvalue weighted by Gasteiger charge is 2.00. The number of halogens is 1. The zero-order chi connectivity index (χ0) is 8.97. The van der Waals surface area contributed by atoms with Crippen molar-refractivity contribution in [2.75, 3.05) is 6.54 Å². The molecule has 1 rings (SSSR count). The Bertz CT molecular complexity index is 235. The second-order valence-corrected chi connectivity index (χ2v) is 5.05. The first-order valence-corrected chi connectivity index (χ1v) is 5.52. The second-order valence-electron chi connectivity index (χ2n) is 2.62. The normalized spacial score (nSPS) is 12.9. The van der Waals surface area contributed by atoms with Crippen LogP contribution in [0.1, 0.15) is 6.92 Å². The summed E-state index contributed by atoms with van der Waals surface area (Å²) in [7, 11) is 0. The van der Waals surface area contributed by atoms with Crippen LogP contribution in [0.5, 0.6) is 0 Å². The first-order chi connectivity index (χ1) is 5.72. The Morgan fingerprint density at radius 2 is 2.00 bits per heavy atom. The molecule has 0 aromatic heterocycles. The van der Waals surface area contributed by atoms with Gasteiger partial charge in [-0.25, -0.2) is 0 Å². The average Bonchev–Trinajstić information content (AvgIpc) is 2.09. The molecule has 2 N–H and O–H groups in total. The molecule has 0 saturated heterocycles. The van der Waals surface area contributed by atoms with E-state index in [4.69, 9.17) is 5.73 Å². The summed E-state index contributed by atoms with van der Waals surface area (Å²) in [4.78, 5) is 1.27. The Kier molecular flexibility index (Phi) is 4.12. The van der Waals surface area contributed by atoms with Gasteiger partial charge in [0.15, 0.2) is 0 Å². The van der Waals surface area contributed by atoms with Crippen molar-refractivity contribution in [1.82, 2.24) is 0 Å². The highest BCUT2D eigenvalue weighted by Crippen LogP contribution is 2.23. The van der Waals surface area contributed by atoms with Gasteiger partial charge >= 0.3 is 0 Å². The number of rotatable bonds is 3. The first-order valence-electron chi connectivity index (χ1n) is 3.84. The molecule has 0 amide bonds. The topological polar surface area (TPSA) is 26.0 Å². The number of benzene rings is 1. The van der Waals surface area contributed by atoms with E-state index in [1.165, 1.54) is 4.90 Å². The van der Waals surface area contributed by atoms with Crippen LogP contribution in [0.15, 0.2) is 33.6 Å². The lowest BCUT2D eigenvalue weighted by molar-refractivity contribution is 0.951. The largest absolute Gasteiger partial charge is 0.329 e. The third-order valence-electron chi connectivity index (χ3n) is 1.48. The van der Waals surface area contributed by atoms with Gasteiger partial charge in [0.05, 0.1) is 0 Å². The lowest BCUT2D eigenvalue weighted by Gasteiger charge is -2.07. The predicted octanol–water partition coefficient (Wildman–Crippen LogP) is 2.89. The quantitative estimate of drug-likeness (QED) is 0.830. The smallest absolute Gasteiger partial charge is 0.0189 e. The van der Waals surface area contributed by atoms with Crippen LogP contribution in [-0.2, 0) is 0 Å². The van der Waals surface area contributed by atoms with Crippen molar-refractivity contribution in [3.63, 3.8) is 0 Å². The molecule has 0 bridgehead atoms. The third-order valence-corrected chi connectivity index (χ3v) is 3.15. The Morgan fingerprint density at radius 3 is 2.50 bits per heavy atom. The number of hydrogen-bond acceptors (Lipinski definition) is 2. The summed E-state index contributed by atoms with van der Waals surface area (Å²) < 4.78 is 1.12. The van der Waals surface area contributed by atoms with Crippen molar-refractivity contribution in [3.05, 3.63) is 28.7 Å².